The average molecular weight is 325 g/mol. The molecule has 0 spiro atoms. The van der Waals surface area contributed by atoms with E-state index in [0.717, 1.165) is 11.1 Å². The minimum atomic E-state index is -0.271. The Morgan fingerprint density at radius 2 is 1.71 bits per heavy atom. The van der Waals surface area contributed by atoms with Crippen LogP contribution in [0.4, 0.5) is 11.4 Å². The van der Waals surface area contributed by atoms with Gasteiger partial charge in [0.2, 0.25) is 11.8 Å². The molecule has 2 rings (SSSR count). The first kappa shape index (κ1) is 17.5. The molecule has 0 aromatic heterocycles. The summed E-state index contributed by atoms with van der Waals surface area (Å²) < 4.78 is 0. The SMILES string of the molecule is Cc1ccc(CCC(=O)NCC(=O)Nc2cc(N)ccc2C)cc1. The summed E-state index contributed by atoms with van der Waals surface area (Å²) in [5.74, 6) is -0.414. The summed E-state index contributed by atoms with van der Waals surface area (Å²) in [6, 6.07) is 13.4. The first-order chi connectivity index (χ1) is 11.4. The summed E-state index contributed by atoms with van der Waals surface area (Å²) in [5.41, 5.74) is 10.2. The van der Waals surface area contributed by atoms with Crippen molar-refractivity contribution in [1.29, 1.82) is 0 Å². The quantitative estimate of drug-likeness (QED) is 0.714. The number of carbonyl (C=O) groups excluding carboxylic acids is 2. The largest absolute Gasteiger partial charge is 0.399 e. The Labute approximate surface area is 142 Å². The predicted octanol–water partition coefficient (Wildman–Crippen LogP) is 2.57. The van der Waals surface area contributed by atoms with Crippen molar-refractivity contribution in [1.82, 2.24) is 5.32 Å². The van der Waals surface area contributed by atoms with Crippen molar-refractivity contribution < 1.29 is 9.59 Å². The van der Waals surface area contributed by atoms with Gasteiger partial charge in [0, 0.05) is 17.8 Å². The number of aryl methyl sites for hydroxylation is 3. The Morgan fingerprint density at radius 1 is 1.00 bits per heavy atom. The number of amides is 2. The molecule has 0 saturated heterocycles. The van der Waals surface area contributed by atoms with Crippen LogP contribution in [-0.2, 0) is 16.0 Å². The van der Waals surface area contributed by atoms with Crippen LogP contribution in [-0.4, -0.2) is 18.4 Å². The molecule has 5 nitrogen and oxygen atoms in total. The summed E-state index contributed by atoms with van der Waals surface area (Å²) in [4.78, 5) is 23.8. The van der Waals surface area contributed by atoms with Crippen LogP contribution in [0.15, 0.2) is 42.5 Å². The molecule has 0 radical (unpaired) electrons. The van der Waals surface area contributed by atoms with Gasteiger partial charge in [-0.1, -0.05) is 35.9 Å². The smallest absolute Gasteiger partial charge is 0.243 e. The van der Waals surface area contributed by atoms with Crippen LogP contribution < -0.4 is 16.4 Å². The van der Waals surface area contributed by atoms with Gasteiger partial charge in [0.1, 0.15) is 0 Å². The van der Waals surface area contributed by atoms with E-state index < -0.39 is 0 Å². The van der Waals surface area contributed by atoms with Gasteiger partial charge >= 0.3 is 0 Å². The van der Waals surface area contributed by atoms with E-state index in [1.807, 2.05) is 44.2 Å². The maximum atomic E-state index is 11.9. The number of nitrogens with two attached hydrogens (primary N) is 1. The zero-order chi connectivity index (χ0) is 17.5. The highest BCUT2D eigenvalue weighted by molar-refractivity contribution is 5.95. The van der Waals surface area contributed by atoms with Crippen molar-refractivity contribution in [3.8, 4) is 0 Å². The van der Waals surface area contributed by atoms with E-state index in [9.17, 15) is 9.59 Å². The molecule has 0 saturated carbocycles. The van der Waals surface area contributed by atoms with Gasteiger partial charge in [0.05, 0.1) is 6.54 Å². The number of hydrogen-bond donors (Lipinski definition) is 3. The lowest BCUT2D eigenvalue weighted by atomic mass is 10.1. The van der Waals surface area contributed by atoms with Gasteiger partial charge in [-0.3, -0.25) is 9.59 Å². The molecule has 0 unspecified atom stereocenters. The van der Waals surface area contributed by atoms with E-state index >= 15 is 0 Å². The third kappa shape index (κ3) is 5.43. The number of benzene rings is 2. The molecule has 0 heterocycles. The third-order valence-electron chi connectivity index (χ3n) is 3.74. The summed E-state index contributed by atoms with van der Waals surface area (Å²) in [5, 5.41) is 5.39. The minimum Gasteiger partial charge on any atom is -0.399 e. The Bertz CT molecular complexity index is 724. The number of nitrogen functional groups attached to an aromatic ring is 1. The highest BCUT2D eigenvalue weighted by Gasteiger charge is 2.08. The standard InChI is InChI=1S/C19H23N3O2/c1-13-3-6-15(7-4-13)8-10-18(23)21-12-19(24)22-17-11-16(20)9-5-14(17)2/h3-7,9,11H,8,10,12,20H2,1-2H3,(H,21,23)(H,22,24). The van der Waals surface area contributed by atoms with Crippen LogP contribution in [0, 0.1) is 13.8 Å². The molecule has 2 aromatic carbocycles. The Balaban J connectivity index is 1.75. The Kier molecular flexibility index (Phi) is 5.95. The van der Waals surface area contributed by atoms with E-state index in [2.05, 4.69) is 10.6 Å². The van der Waals surface area contributed by atoms with Crippen molar-refractivity contribution in [2.24, 2.45) is 0 Å². The number of carbonyl (C=O) groups is 2. The van der Waals surface area contributed by atoms with Gasteiger partial charge in [0.25, 0.3) is 0 Å². The third-order valence-corrected chi connectivity index (χ3v) is 3.74. The average Bonchev–Trinajstić information content (AvgIpc) is 2.56. The Morgan fingerprint density at radius 3 is 2.42 bits per heavy atom. The van der Waals surface area contributed by atoms with Gasteiger partial charge in [0.15, 0.2) is 0 Å². The molecule has 4 N–H and O–H groups in total. The molecule has 2 amide bonds. The lowest BCUT2D eigenvalue weighted by molar-refractivity contribution is -0.124. The van der Waals surface area contributed by atoms with E-state index in [0.29, 0.717) is 24.2 Å². The van der Waals surface area contributed by atoms with E-state index in [1.165, 1.54) is 5.56 Å². The lowest BCUT2D eigenvalue weighted by Gasteiger charge is -2.10. The normalized spacial score (nSPS) is 10.2. The fourth-order valence-corrected chi connectivity index (χ4v) is 2.25. The van der Waals surface area contributed by atoms with E-state index in [4.69, 9.17) is 5.73 Å². The second-order valence-electron chi connectivity index (χ2n) is 5.88. The molecular weight excluding hydrogens is 302 g/mol. The van der Waals surface area contributed by atoms with Crippen LogP contribution in [0.3, 0.4) is 0 Å². The summed E-state index contributed by atoms with van der Waals surface area (Å²) >= 11 is 0. The molecule has 24 heavy (non-hydrogen) atoms. The second-order valence-corrected chi connectivity index (χ2v) is 5.88. The molecule has 0 fully saturated rings. The first-order valence-electron chi connectivity index (χ1n) is 7.92. The van der Waals surface area contributed by atoms with Crippen LogP contribution in [0.25, 0.3) is 0 Å². The molecule has 2 aromatic rings. The van der Waals surface area contributed by atoms with E-state index in [1.54, 1.807) is 12.1 Å². The molecule has 0 aliphatic heterocycles. The van der Waals surface area contributed by atoms with Crippen molar-refractivity contribution in [3.63, 3.8) is 0 Å². The zero-order valence-corrected chi connectivity index (χ0v) is 14.1. The van der Waals surface area contributed by atoms with Gasteiger partial charge in [-0.05, 0) is 43.5 Å². The fourth-order valence-electron chi connectivity index (χ4n) is 2.25. The maximum Gasteiger partial charge on any atom is 0.243 e. The zero-order valence-electron chi connectivity index (χ0n) is 14.1. The minimum absolute atomic E-state index is 0.0546. The molecule has 5 heteroatoms. The van der Waals surface area contributed by atoms with Crippen LogP contribution in [0.1, 0.15) is 23.1 Å². The van der Waals surface area contributed by atoms with Gasteiger partial charge < -0.3 is 16.4 Å². The highest BCUT2D eigenvalue weighted by atomic mass is 16.2. The number of anilines is 2. The summed E-state index contributed by atoms with van der Waals surface area (Å²) in [7, 11) is 0. The first-order valence-corrected chi connectivity index (χ1v) is 7.92. The van der Waals surface area contributed by atoms with Crippen molar-refractivity contribution >= 4 is 23.2 Å². The molecular formula is C19H23N3O2. The fraction of sp³-hybridized carbons (Fsp3) is 0.263. The molecule has 0 aliphatic carbocycles. The summed E-state index contributed by atoms with van der Waals surface area (Å²) in [6.45, 7) is 3.85. The van der Waals surface area contributed by atoms with E-state index in [-0.39, 0.29) is 18.4 Å². The second kappa shape index (κ2) is 8.15. The van der Waals surface area contributed by atoms with Crippen molar-refractivity contribution in [3.05, 3.63) is 59.2 Å². The summed E-state index contributed by atoms with van der Waals surface area (Å²) in [6.07, 6.45) is 1.01. The van der Waals surface area contributed by atoms with Crippen molar-refractivity contribution in [2.45, 2.75) is 26.7 Å². The number of hydrogen-bond acceptors (Lipinski definition) is 3. The molecule has 0 bridgehead atoms. The predicted molar refractivity (Wildman–Crippen MR) is 96.7 cm³/mol. The van der Waals surface area contributed by atoms with Gasteiger partial charge in [-0.15, -0.1) is 0 Å². The van der Waals surface area contributed by atoms with Crippen molar-refractivity contribution in [2.75, 3.05) is 17.6 Å². The lowest BCUT2D eigenvalue weighted by Crippen LogP contribution is -2.33. The van der Waals surface area contributed by atoms with Gasteiger partial charge in [-0.2, -0.15) is 0 Å². The number of nitrogens with one attached hydrogen (secondary N) is 2. The maximum absolute atomic E-state index is 11.9. The number of rotatable bonds is 6. The van der Waals surface area contributed by atoms with Crippen LogP contribution in [0.2, 0.25) is 0 Å². The van der Waals surface area contributed by atoms with Crippen LogP contribution >= 0.6 is 0 Å². The Hall–Kier alpha value is -2.82. The van der Waals surface area contributed by atoms with Crippen LogP contribution in [0.5, 0.6) is 0 Å². The highest BCUT2D eigenvalue weighted by Crippen LogP contribution is 2.17. The monoisotopic (exact) mass is 325 g/mol. The molecule has 0 atom stereocenters. The molecule has 126 valence electrons. The van der Waals surface area contributed by atoms with Gasteiger partial charge in [-0.25, -0.2) is 0 Å². The topological polar surface area (TPSA) is 84.2 Å². The molecule has 0 aliphatic rings.